The minimum atomic E-state index is -0.255. The third-order valence-corrected chi connectivity index (χ3v) is 3.44. The molecule has 0 aliphatic rings. The molecule has 5 nitrogen and oxygen atoms in total. The molecule has 1 amide bonds. The molecule has 0 aliphatic heterocycles. The molecular formula is C18H15N3O2. The smallest absolute Gasteiger partial charge is 0.279 e. The van der Waals surface area contributed by atoms with Gasteiger partial charge in [-0.25, -0.2) is 0 Å². The third-order valence-electron chi connectivity index (χ3n) is 3.44. The molecule has 0 aliphatic carbocycles. The van der Waals surface area contributed by atoms with Crippen LogP contribution < -0.4 is 10.6 Å². The van der Waals surface area contributed by atoms with Gasteiger partial charge in [0, 0.05) is 28.8 Å². The van der Waals surface area contributed by atoms with E-state index in [1.807, 2.05) is 30.3 Å². The number of nitrogens with zero attached hydrogens (tertiary/aromatic N) is 1. The number of para-hydroxylation sites is 1. The monoisotopic (exact) mass is 305 g/mol. The maximum atomic E-state index is 12.9. The molecule has 3 aromatic rings. The molecule has 0 unspecified atom stereocenters. The van der Waals surface area contributed by atoms with Crippen LogP contribution in [0.25, 0.3) is 0 Å². The zero-order valence-electron chi connectivity index (χ0n) is 12.3. The summed E-state index contributed by atoms with van der Waals surface area (Å²) in [6, 6.07) is 17.9. The summed E-state index contributed by atoms with van der Waals surface area (Å²) in [7, 11) is 0. The number of hydrogen-bond donors (Lipinski definition) is 2. The molecule has 114 valence electrons. The molecule has 3 N–H and O–H groups in total. The van der Waals surface area contributed by atoms with Crippen molar-refractivity contribution in [3.63, 3.8) is 0 Å². The molecule has 0 saturated heterocycles. The van der Waals surface area contributed by atoms with Crippen molar-refractivity contribution in [2.75, 3.05) is 10.6 Å². The number of nitrogens with one attached hydrogen (secondary N) is 1. The fourth-order valence-electron chi connectivity index (χ4n) is 2.31. The number of aromatic amines is 1. The molecule has 1 heterocycles. The van der Waals surface area contributed by atoms with Crippen LogP contribution >= 0.6 is 0 Å². The van der Waals surface area contributed by atoms with E-state index in [1.54, 1.807) is 29.2 Å². The topological polar surface area (TPSA) is 79.2 Å². The summed E-state index contributed by atoms with van der Waals surface area (Å²) in [5.74, 6) is -0.255. The van der Waals surface area contributed by atoms with E-state index >= 15 is 0 Å². The first-order valence-electron chi connectivity index (χ1n) is 7.07. The second-order valence-electron chi connectivity index (χ2n) is 5.03. The Morgan fingerprint density at radius 3 is 2.26 bits per heavy atom. The molecule has 3 rings (SSSR count). The highest BCUT2D eigenvalue weighted by Gasteiger charge is 2.21. The lowest BCUT2D eigenvalue weighted by atomic mass is 10.2. The Labute approximate surface area is 133 Å². The first kappa shape index (κ1) is 14.6. The van der Waals surface area contributed by atoms with Gasteiger partial charge in [-0.05, 0) is 42.5 Å². The lowest BCUT2D eigenvalue weighted by Gasteiger charge is -2.22. The highest BCUT2D eigenvalue weighted by molar-refractivity contribution is 6.10. The molecule has 0 spiro atoms. The second-order valence-corrected chi connectivity index (χ2v) is 5.03. The highest BCUT2D eigenvalue weighted by Crippen LogP contribution is 2.28. The summed E-state index contributed by atoms with van der Waals surface area (Å²) in [4.78, 5) is 28.1. The van der Waals surface area contributed by atoms with Crippen LogP contribution in [0.3, 0.4) is 0 Å². The predicted octanol–water partition coefficient (Wildman–Crippen LogP) is 3.39. The normalized spacial score (nSPS) is 10.3. The maximum absolute atomic E-state index is 12.9. The summed E-state index contributed by atoms with van der Waals surface area (Å²) < 4.78 is 0. The van der Waals surface area contributed by atoms with E-state index in [1.165, 1.54) is 12.3 Å². The number of carbonyl (C=O) groups excluding carboxylic acids is 2. The lowest BCUT2D eigenvalue weighted by molar-refractivity contribution is 0.0995. The van der Waals surface area contributed by atoms with E-state index in [2.05, 4.69) is 4.98 Å². The van der Waals surface area contributed by atoms with Gasteiger partial charge in [0.15, 0.2) is 6.29 Å². The number of benzene rings is 2. The molecule has 0 radical (unpaired) electrons. The van der Waals surface area contributed by atoms with Crippen LogP contribution in [0.1, 0.15) is 20.8 Å². The van der Waals surface area contributed by atoms with Crippen LogP contribution in [-0.2, 0) is 0 Å². The number of H-pyrrole nitrogens is 1. The van der Waals surface area contributed by atoms with E-state index in [9.17, 15) is 9.59 Å². The zero-order chi connectivity index (χ0) is 16.2. The van der Waals surface area contributed by atoms with Crippen molar-refractivity contribution in [3.8, 4) is 0 Å². The van der Waals surface area contributed by atoms with Gasteiger partial charge in [-0.3, -0.25) is 14.5 Å². The molecule has 0 fully saturated rings. The van der Waals surface area contributed by atoms with Crippen molar-refractivity contribution < 1.29 is 9.59 Å². The number of nitrogen functional groups attached to an aromatic ring is 1. The van der Waals surface area contributed by atoms with Gasteiger partial charge in [0.1, 0.15) is 5.69 Å². The van der Waals surface area contributed by atoms with Crippen LogP contribution in [0.15, 0.2) is 66.9 Å². The quantitative estimate of drug-likeness (QED) is 0.573. The Hall–Kier alpha value is -3.34. The van der Waals surface area contributed by atoms with Crippen molar-refractivity contribution in [2.45, 2.75) is 0 Å². The van der Waals surface area contributed by atoms with Gasteiger partial charge in [0.2, 0.25) is 0 Å². The van der Waals surface area contributed by atoms with E-state index < -0.39 is 0 Å². The number of rotatable bonds is 4. The Kier molecular flexibility index (Phi) is 3.93. The Morgan fingerprint density at radius 2 is 1.65 bits per heavy atom. The number of aromatic nitrogens is 1. The minimum absolute atomic E-state index is 0.255. The fourth-order valence-corrected chi connectivity index (χ4v) is 2.31. The van der Waals surface area contributed by atoms with Gasteiger partial charge in [-0.2, -0.15) is 0 Å². The SMILES string of the molecule is Nc1ccc(N(C(=O)c2cc(C=O)c[nH]2)c2ccccc2)cc1. The summed E-state index contributed by atoms with van der Waals surface area (Å²) in [5, 5.41) is 0. The molecule has 0 saturated carbocycles. The lowest BCUT2D eigenvalue weighted by Crippen LogP contribution is -2.26. The first-order valence-corrected chi connectivity index (χ1v) is 7.07. The summed E-state index contributed by atoms with van der Waals surface area (Å²) >= 11 is 0. The number of hydrogen-bond acceptors (Lipinski definition) is 3. The average Bonchev–Trinajstić information content (AvgIpc) is 3.07. The first-order chi connectivity index (χ1) is 11.2. The van der Waals surface area contributed by atoms with Crippen LogP contribution in [0.5, 0.6) is 0 Å². The molecule has 0 bridgehead atoms. The van der Waals surface area contributed by atoms with Gasteiger partial charge in [0.05, 0.1) is 0 Å². The van der Waals surface area contributed by atoms with E-state index in [-0.39, 0.29) is 5.91 Å². The minimum Gasteiger partial charge on any atom is -0.399 e. The molecule has 23 heavy (non-hydrogen) atoms. The van der Waals surface area contributed by atoms with Crippen LogP contribution in [0, 0.1) is 0 Å². The van der Waals surface area contributed by atoms with Crippen molar-refractivity contribution in [1.82, 2.24) is 4.98 Å². The summed E-state index contributed by atoms with van der Waals surface area (Å²) in [6.07, 6.45) is 2.20. The van der Waals surface area contributed by atoms with Crippen molar-refractivity contribution in [2.24, 2.45) is 0 Å². The Bertz CT molecular complexity index is 823. The van der Waals surface area contributed by atoms with E-state index in [4.69, 9.17) is 5.73 Å². The molecular weight excluding hydrogens is 290 g/mol. The summed E-state index contributed by atoms with van der Waals surface area (Å²) in [6.45, 7) is 0. The average molecular weight is 305 g/mol. The second kappa shape index (κ2) is 6.19. The number of carbonyl (C=O) groups is 2. The van der Waals surface area contributed by atoms with Gasteiger partial charge >= 0.3 is 0 Å². The molecule has 1 aromatic heterocycles. The van der Waals surface area contributed by atoms with E-state index in [0.717, 1.165) is 5.69 Å². The summed E-state index contributed by atoms with van der Waals surface area (Å²) in [5.41, 5.74) is 8.54. The Morgan fingerprint density at radius 1 is 1.00 bits per heavy atom. The molecule has 2 aromatic carbocycles. The highest BCUT2D eigenvalue weighted by atomic mass is 16.2. The van der Waals surface area contributed by atoms with Crippen molar-refractivity contribution in [3.05, 3.63) is 78.1 Å². The van der Waals surface area contributed by atoms with E-state index in [0.29, 0.717) is 28.9 Å². The number of anilines is 3. The van der Waals surface area contributed by atoms with Crippen LogP contribution in [0.2, 0.25) is 0 Å². The number of aldehydes is 1. The molecule has 5 heteroatoms. The van der Waals surface area contributed by atoms with Crippen LogP contribution in [-0.4, -0.2) is 17.2 Å². The predicted molar refractivity (Wildman–Crippen MR) is 89.9 cm³/mol. The van der Waals surface area contributed by atoms with Crippen molar-refractivity contribution >= 4 is 29.3 Å². The zero-order valence-corrected chi connectivity index (χ0v) is 12.3. The largest absolute Gasteiger partial charge is 0.399 e. The standard InChI is InChI=1S/C18H15N3O2/c19-14-6-8-16(9-7-14)21(15-4-2-1-3-5-15)18(23)17-10-13(12-22)11-20-17/h1-12,20H,19H2. The van der Waals surface area contributed by atoms with Gasteiger partial charge in [0.25, 0.3) is 5.91 Å². The number of nitrogens with two attached hydrogens (primary N) is 1. The maximum Gasteiger partial charge on any atom is 0.279 e. The Balaban J connectivity index is 2.06. The van der Waals surface area contributed by atoms with Crippen LogP contribution in [0.4, 0.5) is 17.1 Å². The van der Waals surface area contributed by atoms with Gasteiger partial charge in [-0.15, -0.1) is 0 Å². The number of amides is 1. The molecule has 0 atom stereocenters. The van der Waals surface area contributed by atoms with Gasteiger partial charge < -0.3 is 10.7 Å². The third kappa shape index (κ3) is 2.98. The van der Waals surface area contributed by atoms with Crippen molar-refractivity contribution in [1.29, 1.82) is 0 Å². The van der Waals surface area contributed by atoms with Gasteiger partial charge in [-0.1, -0.05) is 18.2 Å². The fraction of sp³-hybridized carbons (Fsp3) is 0.